The quantitative estimate of drug-likeness (QED) is 0.804. The Kier molecular flexibility index (Phi) is 4.27. The molecule has 118 valence electrons. The normalized spacial score (nSPS) is 20.2. The number of hydrogen-bond acceptors (Lipinski definition) is 3. The van der Waals surface area contributed by atoms with Crippen LogP contribution in [0.3, 0.4) is 0 Å². The summed E-state index contributed by atoms with van der Waals surface area (Å²) >= 11 is 5.86. The number of carbonyl (C=O) groups is 2. The van der Waals surface area contributed by atoms with Gasteiger partial charge in [-0.25, -0.2) is 9.82 Å². The van der Waals surface area contributed by atoms with Crippen molar-refractivity contribution in [3.05, 3.63) is 70.5 Å². The molecule has 2 atom stereocenters. The minimum absolute atomic E-state index is 0.279. The summed E-state index contributed by atoms with van der Waals surface area (Å²) < 4.78 is 12.9. The van der Waals surface area contributed by atoms with Gasteiger partial charge in [0.1, 0.15) is 11.9 Å². The van der Waals surface area contributed by atoms with Crippen LogP contribution >= 0.6 is 11.6 Å². The summed E-state index contributed by atoms with van der Waals surface area (Å²) in [7, 11) is 0. The molecule has 0 spiro atoms. The molecule has 0 aliphatic carbocycles. The van der Waals surface area contributed by atoms with Crippen LogP contribution in [0.1, 0.15) is 22.0 Å². The molecule has 0 bridgehead atoms. The lowest BCUT2D eigenvalue weighted by Crippen LogP contribution is -2.42. The molecule has 2 aromatic rings. The van der Waals surface area contributed by atoms with E-state index in [1.165, 1.54) is 24.3 Å². The Morgan fingerprint density at radius 3 is 2.39 bits per heavy atom. The highest BCUT2D eigenvalue weighted by atomic mass is 35.5. The number of nitrogens with one attached hydrogen (secondary N) is 3. The van der Waals surface area contributed by atoms with Crippen LogP contribution < -0.4 is 16.2 Å². The Bertz CT molecular complexity index is 734. The molecular weight excluding hydrogens is 321 g/mol. The van der Waals surface area contributed by atoms with Gasteiger partial charge in [-0.3, -0.25) is 15.0 Å². The van der Waals surface area contributed by atoms with Crippen molar-refractivity contribution in [3.63, 3.8) is 0 Å². The van der Waals surface area contributed by atoms with Gasteiger partial charge in [0, 0.05) is 10.6 Å². The summed E-state index contributed by atoms with van der Waals surface area (Å²) in [6.45, 7) is 0. The highest BCUT2D eigenvalue weighted by Gasteiger charge is 2.36. The molecule has 2 aromatic carbocycles. The molecule has 0 radical (unpaired) electrons. The van der Waals surface area contributed by atoms with Crippen LogP contribution in [0.4, 0.5) is 4.39 Å². The maximum absolute atomic E-state index is 12.9. The average molecular weight is 334 g/mol. The Balaban J connectivity index is 1.78. The van der Waals surface area contributed by atoms with Crippen molar-refractivity contribution in [3.8, 4) is 0 Å². The maximum atomic E-state index is 12.9. The van der Waals surface area contributed by atoms with E-state index in [-0.39, 0.29) is 11.5 Å². The molecule has 0 aromatic heterocycles. The Morgan fingerprint density at radius 2 is 1.74 bits per heavy atom. The first-order valence-corrected chi connectivity index (χ1v) is 7.29. The van der Waals surface area contributed by atoms with Gasteiger partial charge in [-0.15, -0.1) is 0 Å². The second-order valence-electron chi connectivity index (χ2n) is 5.12. The lowest BCUT2D eigenvalue weighted by Gasteiger charge is -2.18. The van der Waals surface area contributed by atoms with Gasteiger partial charge in [0.25, 0.3) is 11.8 Å². The molecule has 23 heavy (non-hydrogen) atoms. The number of halogens is 2. The largest absolute Gasteiger partial charge is 0.338 e. The van der Waals surface area contributed by atoms with Crippen LogP contribution in [0.5, 0.6) is 0 Å². The van der Waals surface area contributed by atoms with Gasteiger partial charge >= 0.3 is 0 Å². The zero-order chi connectivity index (χ0) is 16.4. The highest BCUT2D eigenvalue weighted by Crippen LogP contribution is 2.22. The fourth-order valence-electron chi connectivity index (χ4n) is 2.38. The molecule has 1 saturated heterocycles. The molecule has 7 heteroatoms. The number of benzene rings is 2. The predicted octanol–water partition coefficient (Wildman–Crippen LogP) is 1.95. The Morgan fingerprint density at radius 1 is 1.09 bits per heavy atom. The van der Waals surface area contributed by atoms with Crippen molar-refractivity contribution in [2.24, 2.45) is 0 Å². The zero-order valence-corrected chi connectivity index (χ0v) is 12.6. The van der Waals surface area contributed by atoms with Crippen LogP contribution in [0, 0.1) is 5.82 Å². The molecule has 3 N–H and O–H groups in total. The molecular formula is C16H13ClFN3O2. The zero-order valence-electron chi connectivity index (χ0n) is 11.8. The van der Waals surface area contributed by atoms with Crippen LogP contribution in [0.15, 0.2) is 48.5 Å². The first-order chi connectivity index (χ1) is 11.0. The summed E-state index contributed by atoms with van der Waals surface area (Å²) in [5.74, 6) is -1.23. The molecule has 0 unspecified atom stereocenters. The summed E-state index contributed by atoms with van der Waals surface area (Å²) in [4.78, 5) is 24.2. The van der Waals surface area contributed by atoms with Crippen LogP contribution in [-0.4, -0.2) is 17.9 Å². The number of carbonyl (C=O) groups excluding carboxylic acids is 2. The third-order valence-electron chi connectivity index (χ3n) is 3.59. The lowest BCUT2D eigenvalue weighted by atomic mass is 10.0. The van der Waals surface area contributed by atoms with E-state index >= 15 is 0 Å². The minimum Gasteiger partial charge on any atom is -0.338 e. The molecule has 1 fully saturated rings. The van der Waals surface area contributed by atoms with Crippen molar-refractivity contribution in [2.75, 3.05) is 0 Å². The van der Waals surface area contributed by atoms with E-state index in [4.69, 9.17) is 11.6 Å². The summed E-state index contributed by atoms with van der Waals surface area (Å²) in [5.41, 5.74) is 6.42. The number of hydrogen-bond donors (Lipinski definition) is 3. The van der Waals surface area contributed by atoms with Crippen molar-refractivity contribution in [1.82, 2.24) is 16.2 Å². The van der Waals surface area contributed by atoms with Crippen molar-refractivity contribution in [1.29, 1.82) is 0 Å². The highest BCUT2D eigenvalue weighted by molar-refractivity contribution is 6.30. The molecule has 1 aliphatic heterocycles. The third-order valence-corrected chi connectivity index (χ3v) is 3.84. The van der Waals surface area contributed by atoms with Gasteiger partial charge in [-0.05, 0) is 42.0 Å². The Hall–Kier alpha value is -2.44. The monoisotopic (exact) mass is 333 g/mol. The summed E-state index contributed by atoms with van der Waals surface area (Å²) in [6.07, 6.45) is 0. The maximum Gasteiger partial charge on any atom is 0.258 e. The van der Waals surface area contributed by atoms with Crippen LogP contribution in [0.2, 0.25) is 5.02 Å². The number of rotatable bonds is 3. The molecule has 0 saturated carbocycles. The van der Waals surface area contributed by atoms with Crippen LogP contribution in [0.25, 0.3) is 0 Å². The SMILES string of the molecule is O=C(N[C@H]1C(=O)NN[C@@H]1c1ccc(Cl)cc1)c1ccc(F)cc1. The molecule has 5 nitrogen and oxygen atoms in total. The average Bonchev–Trinajstić information content (AvgIpc) is 2.90. The first kappa shape index (κ1) is 15.5. The van der Waals surface area contributed by atoms with Crippen molar-refractivity contribution >= 4 is 23.4 Å². The second-order valence-corrected chi connectivity index (χ2v) is 5.56. The fraction of sp³-hybridized carbons (Fsp3) is 0.125. The van der Waals surface area contributed by atoms with E-state index in [9.17, 15) is 14.0 Å². The van der Waals surface area contributed by atoms with Gasteiger partial charge in [-0.1, -0.05) is 23.7 Å². The van der Waals surface area contributed by atoms with E-state index in [0.717, 1.165) is 5.56 Å². The third kappa shape index (κ3) is 3.33. The van der Waals surface area contributed by atoms with E-state index in [0.29, 0.717) is 5.02 Å². The van der Waals surface area contributed by atoms with Gasteiger partial charge in [-0.2, -0.15) is 0 Å². The topological polar surface area (TPSA) is 70.2 Å². The van der Waals surface area contributed by atoms with E-state index in [2.05, 4.69) is 16.2 Å². The molecule has 3 rings (SSSR count). The fourth-order valence-corrected chi connectivity index (χ4v) is 2.51. The summed E-state index contributed by atoms with van der Waals surface area (Å²) in [5, 5.41) is 3.24. The first-order valence-electron chi connectivity index (χ1n) is 6.92. The number of amides is 2. The lowest BCUT2D eigenvalue weighted by molar-refractivity contribution is -0.121. The van der Waals surface area contributed by atoms with Crippen molar-refractivity contribution in [2.45, 2.75) is 12.1 Å². The van der Waals surface area contributed by atoms with Crippen LogP contribution in [-0.2, 0) is 4.79 Å². The smallest absolute Gasteiger partial charge is 0.258 e. The Labute approximate surface area is 136 Å². The van der Waals surface area contributed by atoms with E-state index in [1.807, 2.05) is 0 Å². The van der Waals surface area contributed by atoms with Gasteiger partial charge < -0.3 is 5.32 Å². The van der Waals surface area contributed by atoms with Crippen molar-refractivity contribution < 1.29 is 14.0 Å². The minimum atomic E-state index is -0.784. The molecule has 1 aliphatic rings. The molecule has 1 heterocycles. The van der Waals surface area contributed by atoms with Gasteiger partial charge in [0.05, 0.1) is 6.04 Å². The van der Waals surface area contributed by atoms with E-state index in [1.54, 1.807) is 24.3 Å². The molecule has 2 amide bonds. The number of hydrazine groups is 1. The standard InChI is InChI=1S/C16H13ClFN3O2/c17-11-5-1-9(2-6-11)13-14(16(23)21-20-13)19-15(22)10-3-7-12(18)8-4-10/h1-8,13-14,20H,(H,19,22)(H,21,23)/t13-,14-/m1/s1. The van der Waals surface area contributed by atoms with Gasteiger partial charge in [0.15, 0.2) is 0 Å². The van der Waals surface area contributed by atoms with E-state index < -0.39 is 23.8 Å². The summed E-state index contributed by atoms with van der Waals surface area (Å²) in [6, 6.07) is 10.9. The second kappa shape index (κ2) is 6.36. The van der Waals surface area contributed by atoms with Gasteiger partial charge in [0.2, 0.25) is 0 Å². The predicted molar refractivity (Wildman–Crippen MR) is 83.1 cm³/mol.